The maximum Gasteiger partial charge on any atom is 0.408 e. The molecule has 2 rings (SSSR count). The number of carbonyl (C=O) groups excluding carboxylic acids is 4. The Labute approximate surface area is 229 Å². The zero-order valence-corrected chi connectivity index (χ0v) is 23.5. The third kappa shape index (κ3) is 8.76. The number of aryl methyl sites for hydroxylation is 2. The third-order valence-electron chi connectivity index (χ3n) is 5.57. The Morgan fingerprint density at radius 1 is 1.05 bits per heavy atom. The minimum Gasteiger partial charge on any atom is -0.444 e. The summed E-state index contributed by atoms with van der Waals surface area (Å²) in [7, 11) is 0. The largest absolute Gasteiger partial charge is 0.444 e. The maximum atomic E-state index is 13.9. The van der Waals surface area contributed by atoms with Crippen LogP contribution in [0.4, 0.5) is 10.5 Å². The number of benzene rings is 2. The van der Waals surface area contributed by atoms with Crippen LogP contribution in [0.2, 0.25) is 5.02 Å². The van der Waals surface area contributed by atoms with Gasteiger partial charge in [-0.25, -0.2) is 4.79 Å². The molecule has 0 aliphatic carbocycles. The molecule has 0 aliphatic rings. The highest BCUT2D eigenvalue weighted by atomic mass is 35.5. The molecule has 0 spiro atoms. The van der Waals surface area contributed by atoms with Gasteiger partial charge >= 0.3 is 6.09 Å². The van der Waals surface area contributed by atoms with Gasteiger partial charge in [0, 0.05) is 6.54 Å². The number of hydrogen-bond donors (Lipinski definition) is 3. The van der Waals surface area contributed by atoms with E-state index in [-0.39, 0.29) is 6.54 Å². The molecule has 2 aromatic carbocycles. The van der Waals surface area contributed by atoms with E-state index in [1.165, 1.54) is 4.90 Å². The van der Waals surface area contributed by atoms with Crippen LogP contribution in [0.15, 0.2) is 42.5 Å². The fraction of sp³-hybridized carbons (Fsp3) is 0.429. The van der Waals surface area contributed by atoms with Crippen molar-refractivity contribution in [3.63, 3.8) is 0 Å². The van der Waals surface area contributed by atoms with Crippen molar-refractivity contribution in [3.05, 3.63) is 64.2 Å². The fourth-order valence-corrected chi connectivity index (χ4v) is 4.13. The number of halogens is 1. The van der Waals surface area contributed by atoms with E-state index in [1.54, 1.807) is 45.0 Å². The molecule has 2 atom stereocenters. The molecule has 0 aromatic heterocycles. The Kier molecular flexibility index (Phi) is 10.7. The molecule has 9 nitrogen and oxygen atoms in total. The predicted octanol–water partition coefficient (Wildman–Crippen LogP) is 4.64. The number of para-hydroxylation sites is 1. The van der Waals surface area contributed by atoms with Crippen LogP contribution in [0.25, 0.3) is 0 Å². The average Bonchev–Trinajstić information content (AvgIpc) is 2.80. The first-order valence-electron chi connectivity index (χ1n) is 12.4. The lowest BCUT2D eigenvalue weighted by atomic mass is 10.00. The van der Waals surface area contributed by atoms with E-state index >= 15 is 0 Å². The number of anilines is 1. The van der Waals surface area contributed by atoms with Crippen LogP contribution in [-0.2, 0) is 19.1 Å². The van der Waals surface area contributed by atoms with E-state index in [4.69, 9.17) is 22.1 Å². The van der Waals surface area contributed by atoms with Gasteiger partial charge in [0.1, 0.15) is 17.7 Å². The van der Waals surface area contributed by atoms with E-state index in [2.05, 4.69) is 10.6 Å². The number of hydrogen-bond acceptors (Lipinski definition) is 5. The summed E-state index contributed by atoms with van der Waals surface area (Å²) >= 11 is 6.36. The molecule has 38 heavy (non-hydrogen) atoms. The third-order valence-corrected chi connectivity index (χ3v) is 5.88. The van der Waals surface area contributed by atoms with Gasteiger partial charge in [0.25, 0.3) is 5.91 Å². The van der Waals surface area contributed by atoms with Gasteiger partial charge in [-0.15, -0.1) is 0 Å². The van der Waals surface area contributed by atoms with Crippen molar-refractivity contribution in [2.75, 3.05) is 11.9 Å². The molecule has 0 aliphatic heterocycles. The van der Waals surface area contributed by atoms with Crippen molar-refractivity contribution in [2.24, 2.45) is 5.73 Å². The molecular formula is C28H37ClN4O5. The van der Waals surface area contributed by atoms with E-state index in [0.717, 1.165) is 11.1 Å². The van der Waals surface area contributed by atoms with Crippen molar-refractivity contribution in [1.82, 2.24) is 10.2 Å². The molecule has 0 saturated carbocycles. The number of alkyl carbamates (subject to hydrolysis) is 1. The van der Waals surface area contributed by atoms with Crippen LogP contribution in [0.3, 0.4) is 0 Å². The second-order valence-corrected chi connectivity index (χ2v) is 10.5. The number of nitrogens with one attached hydrogen (secondary N) is 2. The minimum atomic E-state index is -1.34. The number of nitrogens with zero attached hydrogens (tertiary/aromatic N) is 1. The summed E-state index contributed by atoms with van der Waals surface area (Å²) in [4.78, 5) is 53.4. The van der Waals surface area contributed by atoms with Crippen LogP contribution in [-0.4, -0.2) is 46.9 Å². The van der Waals surface area contributed by atoms with Crippen molar-refractivity contribution in [1.29, 1.82) is 0 Å². The Bertz CT molecular complexity index is 1140. The van der Waals surface area contributed by atoms with Crippen molar-refractivity contribution in [2.45, 2.75) is 72.1 Å². The summed E-state index contributed by atoms with van der Waals surface area (Å²) in [6.07, 6.45) is -0.844. The highest BCUT2D eigenvalue weighted by Gasteiger charge is 2.37. The van der Waals surface area contributed by atoms with Gasteiger partial charge in [-0.3, -0.25) is 14.4 Å². The first kappa shape index (κ1) is 30.6. The molecule has 2 unspecified atom stereocenters. The first-order chi connectivity index (χ1) is 17.7. The topological polar surface area (TPSA) is 131 Å². The second-order valence-electron chi connectivity index (χ2n) is 10.1. The van der Waals surface area contributed by atoms with Gasteiger partial charge in [-0.05, 0) is 58.2 Å². The number of rotatable bonds is 10. The lowest BCUT2D eigenvalue weighted by Gasteiger charge is -2.34. The van der Waals surface area contributed by atoms with Crippen LogP contribution >= 0.6 is 11.6 Å². The van der Waals surface area contributed by atoms with Crippen LogP contribution in [0, 0.1) is 13.8 Å². The standard InChI is InChI=1S/C28H37ClN4O5/c1-7-15-33(26(36)21(16-22(30)34)31-27(37)38-28(4,5)6)24(19-13-11-17(2)12-14-19)25(35)32-23-18(3)9-8-10-20(23)29/h8-14,21,24H,7,15-16H2,1-6H3,(H2,30,34)(H,31,37)(H,32,35). The van der Waals surface area contributed by atoms with Crippen molar-refractivity contribution < 1.29 is 23.9 Å². The molecule has 0 heterocycles. The molecule has 0 saturated heterocycles. The Balaban J connectivity index is 2.53. The molecular weight excluding hydrogens is 508 g/mol. The normalized spacial score (nSPS) is 12.7. The Hall–Kier alpha value is -3.59. The van der Waals surface area contributed by atoms with Crippen molar-refractivity contribution >= 4 is 41.1 Å². The monoisotopic (exact) mass is 544 g/mol. The highest BCUT2D eigenvalue weighted by Crippen LogP contribution is 2.29. The lowest BCUT2D eigenvalue weighted by molar-refractivity contribution is -0.141. The smallest absolute Gasteiger partial charge is 0.408 e. The SMILES string of the molecule is CCCN(C(=O)C(CC(N)=O)NC(=O)OC(C)(C)C)C(C(=O)Nc1c(C)cccc1Cl)c1ccc(C)cc1. The number of amides is 4. The summed E-state index contributed by atoms with van der Waals surface area (Å²) in [5, 5.41) is 5.68. The molecule has 0 fully saturated rings. The zero-order valence-electron chi connectivity index (χ0n) is 22.8. The average molecular weight is 545 g/mol. The van der Waals surface area contributed by atoms with E-state index in [0.29, 0.717) is 22.7 Å². The van der Waals surface area contributed by atoms with Gasteiger partial charge in [-0.2, -0.15) is 0 Å². The number of ether oxygens (including phenoxy) is 1. The summed E-state index contributed by atoms with van der Waals surface area (Å²) < 4.78 is 5.28. The summed E-state index contributed by atoms with van der Waals surface area (Å²) in [6, 6.07) is 10.0. The van der Waals surface area contributed by atoms with Crippen LogP contribution < -0.4 is 16.4 Å². The molecule has 0 bridgehead atoms. The summed E-state index contributed by atoms with van der Waals surface area (Å²) in [5.41, 5.74) is 7.29. The van der Waals surface area contributed by atoms with Crippen LogP contribution in [0.1, 0.15) is 63.3 Å². The molecule has 10 heteroatoms. The highest BCUT2D eigenvalue weighted by molar-refractivity contribution is 6.34. The molecule has 4 amide bonds. The molecule has 2 aromatic rings. The second kappa shape index (κ2) is 13.3. The fourth-order valence-electron chi connectivity index (χ4n) is 3.86. The van der Waals surface area contributed by atoms with Gasteiger partial charge in [-0.1, -0.05) is 60.5 Å². The zero-order chi connectivity index (χ0) is 28.6. The first-order valence-corrected chi connectivity index (χ1v) is 12.8. The molecule has 206 valence electrons. The molecule has 4 N–H and O–H groups in total. The summed E-state index contributed by atoms with van der Waals surface area (Å²) in [6.45, 7) is 10.8. The maximum absolute atomic E-state index is 13.9. The minimum absolute atomic E-state index is 0.164. The van der Waals surface area contributed by atoms with E-state index in [9.17, 15) is 19.2 Å². The van der Waals surface area contributed by atoms with Gasteiger partial charge in [0.2, 0.25) is 11.8 Å². The van der Waals surface area contributed by atoms with Crippen LogP contribution in [0.5, 0.6) is 0 Å². The van der Waals surface area contributed by atoms with Gasteiger partial charge < -0.3 is 26.0 Å². The van der Waals surface area contributed by atoms with Gasteiger partial charge in [0.15, 0.2) is 0 Å². The Morgan fingerprint density at radius 2 is 1.68 bits per heavy atom. The van der Waals surface area contributed by atoms with E-state index < -0.39 is 47.9 Å². The van der Waals surface area contributed by atoms with Crippen molar-refractivity contribution in [3.8, 4) is 0 Å². The number of primary amides is 1. The Morgan fingerprint density at radius 3 is 2.21 bits per heavy atom. The molecule has 0 radical (unpaired) electrons. The summed E-state index contributed by atoms with van der Waals surface area (Å²) in [5.74, 6) is -1.94. The number of nitrogens with two attached hydrogens (primary N) is 1. The number of carbonyl (C=O) groups is 4. The van der Waals surface area contributed by atoms with E-state index in [1.807, 2.05) is 39.0 Å². The predicted molar refractivity (Wildman–Crippen MR) is 148 cm³/mol. The van der Waals surface area contributed by atoms with Gasteiger partial charge in [0.05, 0.1) is 17.1 Å². The lowest BCUT2D eigenvalue weighted by Crippen LogP contribution is -2.53. The quantitative estimate of drug-likeness (QED) is 0.401.